The van der Waals surface area contributed by atoms with Gasteiger partial charge in [0.1, 0.15) is 0 Å². The average Bonchev–Trinajstić information content (AvgIpc) is 2.84. The van der Waals surface area contributed by atoms with E-state index in [1.54, 1.807) is 0 Å². The minimum absolute atomic E-state index is 0.317. The molecule has 2 bridgehead atoms. The highest BCUT2D eigenvalue weighted by Crippen LogP contribution is 2.51. The van der Waals surface area contributed by atoms with Crippen LogP contribution in [-0.4, -0.2) is 26.4 Å². The summed E-state index contributed by atoms with van der Waals surface area (Å²) in [7, 11) is 1.89. The SMILES string of the molecule is CCC1(C(OC)C2CC3C=CC2C3)COC1. The van der Waals surface area contributed by atoms with Gasteiger partial charge in [0.15, 0.2) is 0 Å². The standard InChI is InChI=1S/C14H22O2/c1-3-14(8-16-9-14)13(15-2)12-7-10-4-5-11(12)6-10/h4-5,10-13H,3,6-9H2,1-2H3. The lowest BCUT2D eigenvalue weighted by molar-refractivity contribution is -0.199. The fourth-order valence-corrected chi connectivity index (χ4v) is 3.98. The molecule has 0 aromatic heterocycles. The first-order valence-corrected chi connectivity index (χ1v) is 6.58. The predicted octanol–water partition coefficient (Wildman–Crippen LogP) is 2.64. The Hall–Kier alpha value is -0.340. The zero-order valence-electron chi connectivity index (χ0n) is 10.3. The number of rotatable bonds is 4. The van der Waals surface area contributed by atoms with Crippen LogP contribution in [0.1, 0.15) is 26.2 Å². The van der Waals surface area contributed by atoms with Crippen molar-refractivity contribution >= 4 is 0 Å². The Morgan fingerprint density at radius 1 is 1.38 bits per heavy atom. The van der Waals surface area contributed by atoms with Gasteiger partial charge in [-0.05, 0) is 37.0 Å². The normalized spacial score (nSPS) is 41.0. The molecule has 2 fully saturated rings. The molecule has 3 rings (SSSR count). The molecule has 2 heteroatoms. The first-order valence-electron chi connectivity index (χ1n) is 6.58. The van der Waals surface area contributed by atoms with Crippen molar-refractivity contribution in [1.82, 2.24) is 0 Å². The Balaban J connectivity index is 1.78. The monoisotopic (exact) mass is 222 g/mol. The van der Waals surface area contributed by atoms with Gasteiger partial charge in [-0.2, -0.15) is 0 Å². The van der Waals surface area contributed by atoms with Crippen molar-refractivity contribution in [3.63, 3.8) is 0 Å². The van der Waals surface area contributed by atoms with Gasteiger partial charge in [-0.15, -0.1) is 0 Å². The van der Waals surface area contributed by atoms with Gasteiger partial charge in [-0.25, -0.2) is 0 Å². The molecule has 1 heterocycles. The maximum atomic E-state index is 5.87. The summed E-state index contributed by atoms with van der Waals surface area (Å²) >= 11 is 0. The highest BCUT2D eigenvalue weighted by Gasteiger charge is 2.52. The molecule has 90 valence electrons. The van der Waals surface area contributed by atoms with Crippen molar-refractivity contribution in [2.24, 2.45) is 23.2 Å². The van der Waals surface area contributed by atoms with Crippen LogP contribution in [0.2, 0.25) is 0 Å². The zero-order valence-corrected chi connectivity index (χ0v) is 10.3. The third kappa shape index (κ3) is 1.39. The van der Waals surface area contributed by atoms with E-state index in [9.17, 15) is 0 Å². The molecule has 1 saturated carbocycles. The molecular weight excluding hydrogens is 200 g/mol. The smallest absolute Gasteiger partial charge is 0.0705 e. The van der Waals surface area contributed by atoms with Crippen molar-refractivity contribution in [3.8, 4) is 0 Å². The fourth-order valence-electron chi connectivity index (χ4n) is 3.98. The number of allylic oxidation sites excluding steroid dienone is 2. The molecule has 1 aliphatic heterocycles. The first kappa shape index (κ1) is 10.8. The Morgan fingerprint density at radius 3 is 2.56 bits per heavy atom. The Labute approximate surface area is 98.0 Å². The van der Waals surface area contributed by atoms with Crippen LogP contribution in [0.25, 0.3) is 0 Å². The molecule has 4 atom stereocenters. The van der Waals surface area contributed by atoms with E-state index in [-0.39, 0.29) is 0 Å². The molecule has 0 radical (unpaired) electrons. The van der Waals surface area contributed by atoms with E-state index < -0.39 is 0 Å². The topological polar surface area (TPSA) is 18.5 Å². The summed E-state index contributed by atoms with van der Waals surface area (Å²) in [4.78, 5) is 0. The molecule has 16 heavy (non-hydrogen) atoms. The summed E-state index contributed by atoms with van der Waals surface area (Å²) in [6.45, 7) is 4.08. The maximum Gasteiger partial charge on any atom is 0.0705 e. The minimum Gasteiger partial charge on any atom is -0.380 e. The molecule has 0 aromatic rings. The quantitative estimate of drug-likeness (QED) is 0.681. The number of fused-ring (bicyclic) bond motifs is 2. The van der Waals surface area contributed by atoms with Crippen molar-refractivity contribution in [2.45, 2.75) is 32.3 Å². The van der Waals surface area contributed by atoms with Gasteiger partial charge in [-0.3, -0.25) is 0 Å². The summed E-state index contributed by atoms with van der Waals surface area (Å²) in [6, 6.07) is 0. The molecule has 0 aromatic carbocycles. The fraction of sp³-hybridized carbons (Fsp3) is 0.857. The third-order valence-electron chi connectivity index (χ3n) is 5.06. The van der Waals surface area contributed by atoms with E-state index >= 15 is 0 Å². The van der Waals surface area contributed by atoms with Crippen molar-refractivity contribution < 1.29 is 9.47 Å². The van der Waals surface area contributed by atoms with Crippen LogP contribution in [0.15, 0.2) is 12.2 Å². The van der Waals surface area contributed by atoms with Crippen LogP contribution >= 0.6 is 0 Å². The summed E-state index contributed by atoms with van der Waals surface area (Å²) in [5.74, 6) is 2.35. The van der Waals surface area contributed by atoms with Gasteiger partial charge in [0, 0.05) is 12.5 Å². The molecule has 0 spiro atoms. The number of hydrogen-bond acceptors (Lipinski definition) is 2. The van der Waals surface area contributed by atoms with Gasteiger partial charge >= 0.3 is 0 Å². The molecule has 2 nitrogen and oxygen atoms in total. The van der Waals surface area contributed by atoms with Crippen LogP contribution in [0, 0.1) is 23.2 Å². The lowest BCUT2D eigenvalue weighted by atomic mass is 9.69. The Kier molecular flexibility index (Phi) is 2.60. The molecule has 0 amide bonds. The number of ether oxygens (including phenoxy) is 2. The van der Waals surface area contributed by atoms with Gasteiger partial charge in [0.2, 0.25) is 0 Å². The van der Waals surface area contributed by atoms with Gasteiger partial charge in [0.05, 0.1) is 19.3 Å². The molecule has 2 aliphatic carbocycles. The van der Waals surface area contributed by atoms with Crippen LogP contribution in [0.4, 0.5) is 0 Å². The van der Waals surface area contributed by atoms with Crippen LogP contribution < -0.4 is 0 Å². The molecule has 0 N–H and O–H groups in total. The van der Waals surface area contributed by atoms with E-state index in [0.717, 1.165) is 31.0 Å². The Bertz CT molecular complexity index is 288. The summed E-state index contributed by atoms with van der Waals surface area (Å²) in [5, 5.41) is 0. The zero-order chi connectivity index (χ0) is 11.2. The number of hydrogen-bond donors (Lipinski definition) is 0. The first-order chi connectivity index (χ1) is 7.79. The highest BCUT2D eigenvalue weighted by molar-refractivity contribution is 5.13. The summed E-state index contributed by atoms with van der Waals surface area (Å²) in [5.41, 5.74) is 0.317. The van der Waals surface area contributed by atoms with Crippen LogP contribution in [-0.2, 0) is 9.47 Å². The number of methoxy groups -OCH3 is 1. The summed E-state index contributed by atoms with van der Waals surface area (Å²) in [6.07, 6.45) is 9.12. The van der Waals surface area contributed by atoms with E-state index in [1.807, 2.05) is 7.11 Å². The van der Waals surface area contributed by atoms with E-state index in [1.165, 1.54) is 19.3 Å². The van der Waals surface area contributed by atoms with Gasteiger partial charge < -0.3 is 9.47 Å². The average molecular weight is 222 g/mol. The lowest BCUT2D eigenvalue weighted by Crippen LogP contribution is -2.55. The largest absolute Gasteiger partial charge is 0.380 e. The van der Waals surface area contributed by atoms with E-state index in [4.69, 9.17) is 9.47 Å². The van der Waals surface area contributed by atoms with Crippen molar-refractivity contribution in [1.29, 1.82) is 0 Å². The van der Waals surface area contributed by atoms with E-state index in [0.29, 0.717) is 11.5 Å². The summed E-state index contributed by atoms with van der Waals surface area (Å²) < 4.78 is 11.3. The molecule has 1 saturated heterocycles. The molecular formula is C14H22O2. The molecule has 3 aliphatic rings. The van der Waals surface area contributed by atoms with Crippen molar-refractivity contribution in [2.75, 3.05) is 20.3 Å². The van der Waals surface area contributed by atoms with Gasteiger partial charge in [-0.1, -0.05) is 19.1 Å². The third-order valence-corrected chi connectivity index (χ3v) is 5.06. The second-order valence-electron chi connectivity index (χ2n) is 5.81. The second kappa shape index (κ2) is 3.85. The van der Waals surface area contributed by atoms with Gasteiger partial charge in [0.25, 0.3) is 0 Å². The van der Waals surface area contributed by atoms with Crippen LogP contribution in [0.5, 0.6) is 0 Å². The predicted molar refractivity (Wildman–Crippen MR) is 63.2 cm³/mol. The minimum atomic E-state index is 0.317. The van der Waals surface area contributed by atoms with Crippen LogP contribution in [0.3, 0.4) is 0 Å². The Morgan fingerprint density at radius 2 is 2.19 bits per heavy atom. The molecule has 4 unspecified atom stereocenters. The maximum absolute atomic E-state index is 5.87. The second-order valence-corrected chi connectivity index (χ2v) is 5.81. The highest BCUT2D eigenvalue weighted by atomic mass is 16.5. The lowest BCUT2D eigenvalue weighted by Gasteiger charge is -2.49. The van der Waals surface area contributed by atoms with E-state index in [2.05, 4.69) is 19.1 Å². The van der Waals surface area contributed by atoms with Crippen molar-refractivity contribution in [3.05, 3.63) is 12.2 Å².